The molecular weight excluding hydrogens is 314 g/mol. The number of rotatable bonds is 5. The summed E-state index contributed by atoms with van der Waals surface area (Å²) in [5, 5.41) is 8.05. The highest BCUT2D eigenvalue weighted by molar-refractivity contribution is 9.10. The second-order valence-electron chi connectivity index (χ2n) is 4.40. The Kier molecular flexibility index (Phi) is 4.78. The Morgan fingerprint density at radius 2 is 2.11 bits per heavy atom. The zero-order valence-corrected chi connectivity index (χ0v) is 12.5. The van der Waals surface area contributed by atoms with Crippen LogP contribution >= 0.6 is 27.5 Å². The molecule has 96 valence electrons. The summed E-state index contributed by atoms with van der Waals surface area (Å²) in [6, 6.07) is 8.25. The fourth-order valence-corrected chi connectivity index (χ4v) is 2.61. The van der Waals surface area contributed by atoms with Gasteiger partial charge >= 0.3 is 0 Å². The van der Waals surface area contributed by atoms with Crippen molar-refractivity contribution in [2.45, 2.75) is 12.8 Å². The number of hydrogen-bond acceptors (Lipinski definition) is 2. The van der Waals surface area contributed by atoms with Crippen molar-refractivity contribution >= 4 is 27.5 Å². The van der Waals surface area contributed by atoms with E-state index in [1.807, 2.05) is 25.4 Å². The first-order valence-electron chi connectivity index (χ1n) is 5.83. The molecule has 1 heterocycles. The first-order chi connectivity index (χ1) is 8.69. The van der Waals surface area contributed by atoms with Crippen LogP contribution in [0.4, 0.5) is 0 Å². The Labute approximate surface area is 120 Å². The largest absolute Gasteiger partial charge is 0.255 e. The summed E-state index contributed by atoms with van der Waals surface area (Å²) in [7, 11) is 1.87. The molecule has 0 fully saturated rings. The van der Waals surface area contributed by atoms with Crippen LogP contribution in [-0.2, 0) is 19.9 Å². The van der Waals surface area contributed by atoms with E-state index < -0.39 is 0 Å². The van der Waals surface area contributed by atoms with Crippen molar-refractivity contribution in [1.82, 2.24) is 15.0 Å². The van der Waals surface area contributed by atoms with Gasteiger partial charge in [0.25, 0.3) is 0 Å². The summed E-state index contributed by atoms with van der Waals surface area (Å²) in [5.74, 6) is 1.000. The molecule has 1 unspecified atom stereocenters. The Morgan fingerprint density at radius 1 is 1.33 bits per heavy atom. The first-order valence-corrected chi connectivity index (χ1v) is 7.16. The maximum Gasteiger partial charge on any atom is 0.0830 e. The molecule has 0 spiro atoms. The standard InChI is InChI=1S/C13H15BrClN3/c1-18-9-12(16-17-18)7-10(8-15)6-11-4-2-3-5-13(11)14/h2-5,9-10H,6-8H2,1H3. The van der Waals surface area contributed by atoms with Gasteiger partial charge in [0.15, 0.2) is 0 Å². The molecule has 1 aromatic heterocycles. The third-order valence-electron chi connectivity index (χ3n) is 2.83. The van der Waals surface area contributed by atoms with E-state index in [2.05, 4.69) is 38.4 Å². The van der Waals surface area contributed by atoms with E-state index in [0.29, 0.717) is 11.8 Å². The number of hydrogen-bond donors (Lipinski definition) is 0. The Balaban J connectivity index is 2.04. The lowest BCUT2D eigenvalue weighted by Gasteiger charge is -2.13. The van der Waals surface area contributed by atoms with Crippen molar-refractivity contribution in [3.05, 3.63) is 46.2 Å². The predicted octanol–water partition coefficient (Wildman–Crippen LogP) is 3.22. The Bertz CT molecular complexity index is 512. The smallest absolute Gasteiger partial charge is 0.0830 e. The van der Waals surface area contributed by atoms with Crippen LogP contribution in [0.5, 0.6) is 0 Å². The van der Waals surface area contributed by atoms with Crippen LogP contribution in [0.25, 0.3) is 0 Å². The van der Waals surface area contributed by atoms with Crippen LogP contribution in [0.3, 0.4) is 0 Å². The molecule has 3 nitrogen and oxygen atoms in total. The summed E-state index contributed by atoms with van der Waals surface area (Å²) < 4.78 is 2.86. The maximum absolute atomic E-state index is 6.06. The molecule has 0 saturated carbocycles. The fourth-order valence-electron chi connectivity index (χ4n) is 1.94. The van der Waals surface area contributed by atoms with Gasteiger partial charge in [-0.25, -0.2) is 0 Å². The molecule has 0 aliphatic rings. The highest BCUT2D eigenvalue weighted by atomic mass is 79.9. The molecule has 5 heteroatoms. The van der Waals surface area contributed by atoms with Crippen LogP contribution in [0, 0.1) is 5.92 Å². The molecule has 1 aromatic carbocycles. The highest BCUT2D eigenvalue weighted by Gasteiger charge is 2.13. The Hall–Kier alpha value is -0.870. The van der Waals surface area contributed by atoms with Crippen molar-refractivity contribution in [2.24, 2.45) is 13.0 Å². The minimum absolute atomic E-state index is 0.377. The summed E-state index contributed by atoms with van der Waals surface area (Å²) >= 11 is 9.62. The first kappa shape index (κ1) is 13.6. The van der Waals surface area contributed by atoms with Gasteiger partial charge in [0, 0.05) is 23.6 Å². The molecule has 0 bridgehead atoms. The average Bonchev–Trinajstić information content (AvgIpc) is 2.76. The predicted molar refractivity (Wildman–Crippen MR) is 76.8 cm³/mol. The molecule has 2 aromatic rings. The zero-order chi connectivity index (χ0) is 13.0. The van der Waals surface area contributed by atoms with E-state index in [1.54, 1.807) is 4.68 Å². The molecule has 0 radical (unpaired) electrons. The molecule has 1 atom stereocenters. The van der Waals surface area contributed by atoms with E-state index in [-0.39, 0.29) is 0 Å². The number of aryl methyl sites for hydroxylation is 1. The minimum Gasteiger partial charge on any atom is -0.255 e. The van der Waals surface area contributed by atoms with Crippen LogP contribution in [-0.4, -0.2) is 20.9 Å². The van der Waals surface area contributed by atoms with E-state index in [9.17, 15) is 0 Å². The van der Waals surface area contributed by atoms with Crippen LogP contribution in [0.1, 0.15) is 11.3 Å². The van der Waals surface area contributed by atoms with Gasteiger partial charge in [0.2, 0.25) is 0 Å². The number of halogens is 2. The molecular formula is C13H15BrClN3. The third-order valence-corrected chi connectivity index (χ3v) is 4.04. The van der Waals surface area contributed by atoms with Crippen molar-refractivity contribution in [3.63, 3.8) is 0 Å². The fraction of sp³-hybridized carbons (Fsp3) is 0.385. The number of nitrogens with zero attached hydrogens (tertiary/aromatic N) is 3. The lowest BCUT2D eigenvalue weighted by Crippen LogP contribution is -2.11. The van der Waals surface area contributed by atoms with Crippen LogP contribution in [0.2, 0.25) is 0 Å². The van der Waals surface area contributed by atoms with E-state index in [1.165, 1.54) is 5.56 Å². The van der Waals surface area contributed by atoms with Gasteiger partial charge in [-0.1, -0.05) is 39.3 Å². The van der Waals surface area contributed by atoms with Gasteiger partial charge in [0.1, 0.15) is 0 Å². The van der Waals surface area contributed by atoms with Crippen LogP contribution < -0.4 is 0 Å². The molecule has 0 aliphatic heterocycles. The van der Waals surface area contributed by atoms with Gasteiger partial charge in [-0.3, -0.25) is 4.68 Å². The van der Waals surface area contributed by atoms with Crippen molar-refractivity contribution in [3.8, 4) is 0 Å². The normalized spacial score (nSPS) is 12.6. The molecule has 0 amide bonds. The SMILES string of the molecule is Cn1cc(CC(CCl)Cc2ccccc2Br)nn1. The van der Waals surface area contributed by atoms with Gasteiger partial charge in [-0.15, -0.1) is 16.7 Å². The minimum atomic E-state index is 0.377. The second-order valence-corrected chi connectivity index (χ2v) is 5.57. The summed E-state index contributed by atoms with van der Waals surface area (Å²) in [6.45, 7) is 0. The van der Waals surface area contributed by atoms with E-state index in [0.717, 1.165) is 23.0 Å². The van der Waals surface area contributed by atoms with Gasteiger partial charge in [-0.2, -0.15) is 0 Å². The molecule has 2 rings (SSSR count). The van der Waals surface area contributed by atoms with Crippen molar-refractivity contribution in [1.29, 1.82) is 0 Å². The summed E-state index contributed by atoms with van der Waals surface area (Å²) in [4.78, 5) is 0. The molecule has 0 aliphatic carbocycles. The van der Waals surface area contributed by atoms with Gasteiger partial charge in [-0.05, 0) is 30.4 Å². The molecule has 18 heavy (non-hydrogen) atoms. The summed E-state index contributed by atoms with van der Waals surface area (Å²) in [6.07, 6.45) is 3.75. The molecule has 0 N–H and O–H groups in total. The van der Waals surface area contributed by atoms with E-state index >= 15 is 0 Å². The van der Waals surface area contributed by atoms with Crippen molar-refractivity contribution < 1.29 is 0 Å². The number of alkyl halides is 1. The number of benzene rings is 1. The second kappa shape index (κ2) is 6.34. The number of aromatic nitrogens is 3. The average molecular weight is 329 g/mol. The third kappa shape index (κ3) is 3.56. The monoisotopic (exact) mass is 327 g/mol. The van der Waals surface area contributed by atoms with Crippen molar-refractivity contribution in [2.75, 3.05) is 5.88 Å². The Morgan fingerprint density at radius 3 is 2.72 bits per heavy atom. The van der Waals surface area contributed by atoms with Gasteiger partial charge in [0.05, 0.1) is 5.69 Å². The van der Waals surface area contributed by atoms with E-state index in [4.69, 9.17) is 11.6 Å². The lowest BCUT2D eigenvalue weighted by molar-refractivity contribution is 0.573. The highest BCUT2D eigenvalue weighted by Crippen LogP contribution is 2.21. The maximum atomic E-state index is 6.06. The quantitative estimate of drug-likeness (QED) is 0.789. The lowest BCUT2D eigenvalue weighted by atomic mass is 9.97. The van der Waals surface area contributed by atoms with Gasteiger partial charge < -0.3 is 0 Å². The molecule has 0 saturated heterocycles. The summed E-state index contributed by atoms with van der Waals surface area (Å²) in [5.41, 5.74) is 2.28. The van der Waals surface area contributed by atoms with Crippen LogP contribution in [0.15, 0.2) is 34.9 Å². The zero-order valence-electron chi connectivity index (χ0n) is 10.2. The topological polar surface area (TPSA) is 30.7 Å².